The molecule has 1 aliphatic heterocycles. The molecule has 2 amide bonds. The number of alkyl halides is 2. The molecular formula is C32H20Cl3NO4. The molecule has 2 atom stereocenters. The molecule has 4 aromatic carbocycles. The van der Waals surface area contributed by atoms with E-state index in [1.54, 1.807) is 42.5 Å². The number of benzene rings is 4. The van der Waals surface area contributed by atoms with Gasteiger partial charge in [0.1, 0.15) is 16.4 Å². The number of amides is 2. The highest BCUT2D eigenvalue weighted by molar-refractivity contribution is 6.38. The fourth-order valence-corrected chi connectivity index (χ4v) is 7.73. The van der Waals surface area contributed by atoms with Gasteiger partial charge in [0.25, 0.3) is 0 Å². The number of hydrogen-bond donors (Lipinski definition) is 0. The first-order valence-corrected chi connectivity index (χ1v) is 13.9. The van der Waals surface area contributed by atoms with Crippen molar-refractivity contribution < 1.29 is 19.1 Å². The summed E-state index contributed by atoms with van der Waals surface area (Å²) in [5.41, 5.74) is 4.17. The molecule has 0 aromatic heterocycles. The van der Waals surface area contributed by atoms with Crippen molar-refractivity contribution in [1.82, 2.24) is 0 Å². The summed E-state index contributed by atoms with van der Waals surface area (Å²) in [5.74, 6) is -3.35. The Labute approximate surface area is 245 Å². The normalized spacial score (nSPS) is 25.8. The smallest absolute Gasteiger partial charge is 0.338 e. The fourth-order valence-electron chi connectivity index (χ4n) is 6.51. The van der Waals surface area contributed by atoms with Crippen molar-refractivity contribution in [1.29, 1.82) is 0 Å². The molecule has 5 nitrogen and oxygen atoms in total. The number of esters is 1. The molecule has 40 heavy (non-hydrogen) atoms. The molecule has 8 heteroatoms. The monoisotopic (exact) mass is 587 g/mol. The van der Waals surface area contributed by atoms with Gasteiger partial charge in [-0.1, -0.05) is 78.3 Å². The van der Waals surface area contributed by atoms with Gasteiger partial charge in [-0.25, -0.2) is 9.69 Å². The van der Waals surface area contributed by atoms with Crippen LogP contribution in [0, 0.1) is 11.8 Å². The van der Waals surface area contributed by atoms with Gasteiger partial charge in [-0.05, 0) is 58.1 Å². The van der Waals surface area contributed by atoms with Gasteiger partial charge in [0.2, 0.25) is 11.8 Å². The molecule has 0 radical (unpaired) electrons. The highest BCUT2D eigenvalue weighted by atomic mass is 35.5. The van der Waals surface area contributed by atoms with Crippen LogP contribution in [0.25, 0.3) is 0 Å². The van der Waals surface area contributed by atoms with E-state index in [2.05, 4.69) is 0 Å². The molecule has 1 saturated heterocycles. The van der Waals surface area contributed by atoms with Crippen molar-refractivity contribution in [2.24, 2.45) is 11.8 Å². The van der Waals surface area contributed by atoms with E-state index in [1.807, 2.05) is 48.5 Å². The van der Waals surface area contributed by atoms with Crippen LogP contribution in [-0.4, -0.2) is 17.8 Å². The fraction of sp³-hybridized carbons (Fsp3) is 0.156. The topological polar surface area (TPSA) is 63.7 Å². The molecule has 1 heterocycles. The van der Waals surface area contributed by atoms with Crippen LogP contribution in [0.1, 0.15) is 38.2 Å². The van der Waals surface area contributed by atoms with Gasteiger partial charge < -0.3 is 4.74 Å². The Morgan fingerprint density at radius 2 is 1.23 bits per heavy atom. The van der Waals surface area contributed by atoms with E-state index in [1.165, 1.54) is 6.07 Å². The third-order valence-corrected chi connectivity index (χ3v) is 9.75. The summed E-state index contributed by atoms with van der Waals surface area (Å²) in [4.78, 5) is 39.8. The number of rotatable bonds is 4. The minimum atomic E-state index is -1.27. The Balaban J connectivity index is 1.27. The molecule has 0 spiro atoms. The lowest BCUT2D eigenvalue weighted by Gasteiger charge is -2.54. The highest BCUT2D eigenvalue weighted by Crippen LogP contribution is 2.69. The first-order chi connectivity index (χ1) is 19.3. The van der Waals surface area contributed by atoms with Crippen LogP contribution in [0.4, 0.5) is 5.69 Å². The summed E-state index contributed by atoms with van der Waals surface area (Å²) in [6.07, 6.45) is 0. The van der Waals surface area contributed by atoms with Gasteiger partial charge in [0.05, 0.1) is 23.1 Å². The second kappa shape index (κ2) is 8.93. The van der Waals surface area contributed by atoms with Gasteiger partial charge in [-0.2, -0.15) is 0 Å². The van der Waals surface area contributed by atoms with Gasteiger partial charge in [0.15, 0.2) is 0 Å². The van der Waals surface area contributed by atoms with E-state index in [9.17, 15) is 14.4 Å². The molecule has 0 N–H and O–H groups in total. The van der Waals surface area contributed by atoms with E-state index in [0.717, 1.165) is 32.7 Å². The average molecular weight is 589 g/mol. The zero-order valence-electron chi connectivity index (χ0n) is 20.8. The van der Waals surface area contributed by atoms with Crippen LogP contribution >= 0.6 is 34.8 Å². The zero-order valence-corrected chi connectivity index (χ0v) is 23.1. The third kappa shape index (κ3) is 3.32. The first-order valence-electron chi connectivity index (χ1n) is 12.7. The minimum absolute atomic E-state index is 0.0476. The molecule has 0 unspecified atom stereocenters. The van der Waals surface area contributed by atoms with Gasteiger partial charge in [-0.3, -0.25) is 9.59 Å². The van der Waals surface area contributed by atoms with Crippen molar-refractivity contribution >= 4 is 58.3 Å². The summed E-state index contributed by atoms with van der Waals surface area (Å²) >= 11 is 20.9. The summed E-state index contributed by atoms with van der Waals surface area (Å²) < 4.78 is 5.47. The minimum Gasteiger partial charge on any atom is -0.457 e. The van der Waals surface area contributed by atoms with Crippen LogP contribution in [0.15, 0.2) is 97.1 Å². The highest BCUT2D eigenvalue weighted by Gasteiger charge is 2.73. The van der Waals surface area contributed by atoms with Crippen molar-refractivity contribution in [2.75, 3.05) is 4.90 Å². The predicted molar refractivity (Wildman–Crippen MR) is 153 cm³/mol. The summed E-state index contributed by atoms with van der Waals surface area (Å²) in [5, 5.41) is 0.584. The molecule has 198 valence electrons. The number of carbonyl (C=O) groups excluding carboxylic acids is 3. The van der Waals surface area contributed by atoms with Crippen LogP contribution in [0.3, 0.4) is 0 Å². The van der Waals surface area contributed by atoms with E-state index >= 15 is 0 Å². The molecule has 2 bridgehead atoms. The van der Waals surface area contributed by atoms with Gasteiger partial charge in [0, 0.05) is 5.02 Å². The Hall–Kier alpha value is -3.64. The molecule has 8 rings (SSSR count). The van der Waals surface area contributed by atoms with Crippen molar-refractivity contribution in [3.8, 4) is 0 Å². The Bertz CT molecular complexity index is 1610. The van der Waals surface area contributed by atoms with Gasteiger partial charge >= 0.3 is 5.97 Å². The maximum Gasteiger partial charge on any atom is 0.338 e. The van der Waals surface area contributed by atoms with Crippen molar-refractivity contribution in [2.45, 2.75) is 16.4 Å². The maximum absolute atomic E-state index is 14.2. The van der Waals surface area contributed by atoms with E-state index in [0.29, 0.717) is 5.02 Å². The summed E-state index contributed by atoms with van der Waals surface area (Å²) in [7, 11) is 0. The third-order valence-electron chi connectivity index (χ3n) is 8.21. The SMILES string of the molecule is O=C(OCc1ccc(Cl)cc1)c1cccc(N2C(=O)[C@@H]3[C@H](C2=O)C2(Cl)c4ccccc4C3(Cl)c3ccccc32)c1. The van der Waals surface area contributed by atoms with Gasteiger partial charge in [-0.15, -0.1) is 23.2 Å². The molecule has 1 fully saturated rings. The van der Waals surface area contributed by atoms with Crippen molar-refractivity contribution in [3.05, 3.63) is 135 Å². The quantitative estimate of drug-likeness (QED) is 0.150. The predicted octanol–water partition coefficient (Wildman–Crippen LogP) is 6.79. The number of imide groups is 1. The Morgan fingerprint density at radius 1 is 0.725 bits per heavy atom. The number of nitrogens with zero attached hydrogens (tertiary/aromatic N) is 1. The molecule has 0 saturated carbocycles. The maximum atomic E-state index is 14.2. The van der Waals surface area contributed by atoms with Crippen LogP contribution in [0.2, 0.25) is 5.02 Å². The number of carbonyl (C=O) groups is 3. The molecular weight excluding hydrogens is 569 g/mol. The van der Waals surface area contributed by atoms with Crippen molar-refractivity contribution in [3.63, 3.8) is 0 Å². The van der Waals surface area contributed by atoms with E-state index < -0.39 is 39.4 Å². The Morgan fingerprint density at radius 3 is 1.73 bits per heavy atom. The lowest BCUT2D eigenvalue weighted by atomic mass is 9.54. The summed E-state index contributed by atoms with van der Waals surface area (Å²) in [6, 6.07) is 28.2. The molecule has 4 aliphatic rings. The summed E-state index contributed by atoms with van der Waals surface area (Å²) in [6.45, 7) is 0.0476. The van der Waals surface area contributed by atoms with E-state index in [4.69, 9.17) is 39.5 Å². The second-order valence-electron chi connectivity index (χ2n) is 10.2. The first kappa shape index (κ1) is 25.3. The van der Waals surface area contributed by atoms with Crippen LogP contribution in [-0.2, 0) is 30.7 Å². The number of ether oxygens (including phenoxy) is 1. The number of halogens is 3. The number of anilines is 1. The molecule has 3 aliphatic carbocycles. The van der Waals surface area contributed by atoms with E-state index in [-0.39, 0.29) is 17.9 Å². The average Bonchev–Trinajstić information content (AvgIpc) is 3.26. The lowest BCUT2D eigenvalue weighted by Crippen LogP contribution is -2.57. The standard InChI is InChI=1S/C32H20Cl3NO4/c33-20-14-12-18(13-15-20)17-40-30(39)19-6-5-7-21(16-19)36-28(37)26-27(29(36)38)32(35)23-9-2-1-8-22(23)31(26,34)24-10-3-4-11-25(24)32/h1-16,26-27H,17H2/t26-,27+,31?,32?. The zero-order chi connectivity index (χ0) is 27.8. The number of hydrogen-bond acceptors (Lipinski definition) is 4. The van der Waals surface area contributed by atoms with Crippen LogP contribution < -0.4 is 4.90 Å². The lowest BCUT2D eigenvalue weighted by molar-refractivity contribution is -0.122. The second-order valence-corrected chi connectivity index (χ2v) is 11.9. The Kier molecular flexibility index (Phi) is 5.66. The van der Waals surface area contributed by atoms with Crippen LogP contribution in [0.5, 0.6) is 0 Å². The largest absolute Gasteiger partial charge is 0.457 e. The molecule has 4 aromatic rings.